The molecule has 2 N–H and O–H groups in total. The zero-order chi connectivity index (χ0) is 24.8. The first-order valence-electron chi connectivity index (χ1n) is 10.3. The summed E-state index contributed by atoms with van der Waals surface area (Å²) in [6.45, 7) is 1.28. The van der Waals surface area contributed by atoms with Crippen molar-refractivity contribution in [2.24, 2.45) is 5.92 Å². The maximum atomic E-state index is 12.6. The van der Waals surface area contributed by atoms with Gasteiger partial charge in [0.2, 0.25) is 5.91 Å². The number of hydrogen-bond acceptors (Lipinski definition) is 7. The second-order valence-corrected chi connectivity index (χ2v) is 8.45. The predicted molar refractivity (Wildman–Crippen MR) is 125 cm³/mol. The van der Waals surface area contributed by atoms with Gasteiger partial charge in [0.15, 0.2) is 18.1 Å². The molecule has 1 aliphatic heterocycles. The summed E-state index contributed by atoms with van der Waals surface area (Å²) in [5.41, 5.74) is 4.18. The number of amides is 3. The van der Waals surface area contributed by atoms with Gasteiger partial charge in [0.05, 0.1) is 26.7 Å². The molecule has 1 fully saturated rings. The summed E-state index contributed by atoms with van der Waals surface area (Å²) in [5.74, 6) is -2.17. The van der Waals surface area contributed by atoms with Crippen molar-refractivity contribution in [2.45, 2.75) is 13.3 Å². The van der Waals surface area contributed by atoms with Crippen molar-refractivity contribution in [3.05, 3.63) is 52.0 Å². The molecule has 180 valence electrons. The van der Waals surface area contributed by atoms with Crippen LogP contribution in [0, 0.1) is 12.8 Å². The van der Waals surface area contributed by atoms with Crippen LogP contribution >= 0.6 is 15.9 Å². The molecule has 3 rings (SSSR count). The third-order valence-electron chi connectivity index (χ3n) is 5.15. The van der Waals surface area contributed by atoms with E-state index in [1.165, 1.54) is 26.4 Å². The number of methoxy groups -OCH3 is 2. The molecule has 0 spiro atoms. The summed E-state index contributed by atoms with van der Waals surface area (Å²) in [6, 6.07) is 9.93. The van der Waals surface area contributed by atoms with Crippen LogP contribution in [0.25, 0.3) is 0 Å². The highest BCUT2D eigenvalue weighted by molar-refractivity contribution is 9.10. The molecule has 2 aromatic rings. The summed E-state index contributed by atoms with van der Waals surface area (Å²) in [4.78, 5) is 49.4. The Bertz CT molecular complexity index is 1120. The summed E-state index contributed by atoms with van der Waals surface area (Å²) in [6.07, 6.45) is -0.140. The molecule has 2 aromatic carbocycles. The van der Waals surface area contributed by atoms with Crippen molar-refractivity contribution in [3.63, 3.8) is 0 Å². The lowest BCUT2D eigenvalue weighted by atomic mass is 10.1. The normalized spacial score (nSPS) is 15.0. The van der Waals surface area contributed by atoms with Crippen molar-refractivity contribution in [1.82, 2.24) is 10.4 Å². The standard InChI is InChI=1S/C23H24BrN3O7/c1-13-8-16(24)5-6-17(13)25-20(28)12-34-23(31)15-10-21(29)27(11-15)26-22(30)14-4-7-18(32-2)19(9-14)33-3/h4-9,15H,10-12H2,1-3H3,(H,25,28)(H,26,30)/t15-/m0/s1. The maximum Gasteiger partial charge on any atom is 0.311 e. The molecular formula is C23H24BrN3O7. The lowest BCUT2D eigenvalue weighted by Crippen LogP contribution is -2.43. The van der Waals surface area contributed by atoms with Gasteiger partial charge < -0.3 is 19.5 Å². The zero-order valence-corrected chi connectivity index (χ0v) is 20.4. The third-order valence-corrected chi connectivity index (χ3v) is 5.64. The van der Waals surface area contributed by atoms with Crippen LogP contribution in [0.5, 0.6) is 11.5 Å². The molecule has 11 heteroatoms. The maximum absolute atomic E-state index is 12.6. The van der Waals surface area contributed by atoms with E-state index in [9.17, 15) is 19.2 Å². The van der Waals surface area contributed by atoms with Gasteiger partial charge in [0.1, 0.15) is 0 Å². The number of nitrogens with zero attached hydrogens (tertiary/aromatic N) is 1. The number of aryl methyl sites for hydroxylation is 1. The molecule has 0 saturated carbocycles. The van der Waals surface area contributed by atoms with Crippen LogP contribution in [0.4, 0.5) is 5.69 Å². The van der Waals surface area contributed by atoms with Gasteiger partial charge in [-0.1, -0.05) is 15.9 Å². The van der Waals surface area contributed by atoms with Crippen molar-refractivity contribution >= 4 is 45.3 Å². The molecule has 1 saturated heterocycles. The summed E-state index contributed by atoms with van der Waals surface area (Å²) < 4.78 is 16.3. The van der Waals surface area contributed by atoms with E-state index in [0.29, 0.717) is 17.2 Å². The second kappa shape index (κ2) is 11.0. The molecule has 1 atom stereocenters. The summed E-state index contributed by atoms with van der Waals surface area (Å²) in [5, 5.41) is 3.74. The Morgan fingerprint density at radius 3 is 2.50 bits per heavy atom. The first-order valence-corrected chi connectivity index (χ1v) is 11.1. The molecule has 0 unspecified atom stereocenters. The van der Waals surface area contributed by atoms with Gasteiger partial charge >= 0.3 is 5.97 Å². The monoisotopic (exact) mass is 533 g/mol. The Balaban J connectivity index is 1.52. The zero-order valence-electron chi connectivity index (χ0n) is 18.8. The topological polar surface area (TPSA) is 123 Å². The number of benzene rings is 2. The average molecular weight is 534 g/mol. The van der Waals surface area contributed by atoms with Crippen LogP contribution in [0.1, 0.15) is 22.3 Å². The van der Waals surface area contributed by atoms with Crippen molar-refractivity contribution < 1.29 is 33.4 Å². The fourth-order valence-electron chi connectivity index (χ4n) is 3.35. The minimum Gasteiger partial charge on any atom is -0.493 e. The Kier molecular flexibility index (Phi) is 8.11. The first-order chi connectivity index (χ1) is 16.2. The van der Waals surface area contributed by atoms with Crippen LogP contribution in [-0.4, -0.2) is 56.1 Å². The molecule has 1 heterocycles. The van der Waals surface area contributed by atoms with E-state index >= 15 is 0 Å². The van der Waals surface area contributed by atoms with Crippen LogP contribution < -0.4 is 20.2 Å². The average Bonchev–Trinajstić information content (AvgIpc) is 3.18. The molecule has 0 aromatic heterocycles. The van der Waals surface area contributed by atoms with Crippen molar-refractivity contribution in [3.8, 4) is 11.5 Å². The quantitative estimate of drug-likeness (QED) is 0.499. The molecule has 3 amide bonds. The van der Waals surface area contributed by atoms with E-state index < -0.39 is 36.2 Å². The molecule has 0 radical (unpaired) electrons. The number of esters is 1. The number of nitrogens with one attached hydrogen (secondary N) is 2. The van der Waals surface area contributed by atoms with Crippen LogP contribution in [0.3, 0.4) is 0 Å². The number of carbonyl (C=O) groups excluding carboxylic acids is 4. The highest BCUT2D eigenvalue weighted by Crippen LogP contribution is 2.28. The highest BCUT2D eigenvalue weighted by Gasteiger charge is 2.36. The number of halogens is 1. The van der Waals surface area contributed by atoms with Gasteiger partial charge in [0, 0.05) is 22.1 Å². The molecular weight excluding hydrogens is 510 g/mol. The van der Waals surface area contributed by atoms with E-state index in [1.807, 2.05) is 13.0 Å². The largest absolute Gasteiger partial charge is 0.493 e. The SMILES string of the molecule is COc1ccc(C(=O)NN2C[C@@H](C(=O)OCC(=O)Nc3ccc(Br)cc3C)CC2=O)cc1OC. The van der Waals surface area contributed by atoms with E-state index in [0.717, 1.165) is 15.0 Å². The molecule has 1 aliphatic rings. The minimum atomic E-state index is -0.805. The number of rotatable bonds is 8. The lowest BCUT2D eigenvalue weighted by molar-refractivity contribution is -0.151. The molecule has 0 bridgehead atoms. The van der Waals surface area contributed by atoms with E-state index in [4.69, 9.17) is 14.2 Å². The Hall–Kier alpha value is -3.60. The Morgan fingerprint density at radius 2 is 1.82 bits per heavy atom. The third kappa shape index (κ3) is 6.04. The van der Waals surface area contributed by atoms with E-state index in [2.05, 4.69) is 26.7 Å². The van der Waals surface area contributed by atoms with Gasteiger partial charge in [-0.2, -0.15) is 0 Å². The molecule has 34 heavy (non-hydrogen) atoms. The smallest absolute Gasteiger partial charge is 0.311 e. The summed E-state index contributed by atoms with van der Waals surface area (Å²) >= 11 is 3.35. The number of anilines is 1. The van der Waals surface area contributed by atoms with Crippen LogP contribution in [0.15, 0.2) is 40.9 Å². The Morgan fingerprint density at radius 1 is 1.09 bits per heavy atom. The van der Waals surface area contributed by atoms with Crippen LogP contribution in [0.2, 0.25) is 0 Å². The number of ether oxygens (including phenoxy) is 3. The van der Waals surface area contributed by atoms with E-state index in [-0.39, 0.29) is 18.5 Å². The second-order valence-electron chi connectivity index (χ2n) is 7.53. The molecule has 10 nitrogen and oxygen atoms in total. The minimum absolute atomic E-state index is 0.0653. The number of hydrogen-bond donors (Lipinski definition) is 2. The van der Waals surface area contributed by atoms with E-state index in [1.54, 1.807) is 18.2 Å². The Labute approximate surface area is 204 Å². The first kappa shape index (κ1) is 25.0. The lowest BCUT2D eigenvalue weighted by Gasteiger charge is -2.18. The van der Waals surface area contributed by atoms with Crippen LogP contribution in [-0.2, 0) is 19.1 Å². The van der Waals surface area contributed by atoms with Gasteiger partial charge in [0.25, 0.3) is 11.8 Å². The van der Waals surface area contributed by atoms with Crippen molar-refractivity contribution in [1.29, 1.82) is 0 Å². The van der Waals surface area contributed by atoms with Crippen molar-refractivity contribution in [2.75, 3.05) is 32.7 Å². The van der Waals surface area contributed by atoms with Gasteiger partial charge in [-0.3, -0.25) is 29.6 Å². The predicted octanol–water partition coefficient (Wildman–Crippen LogP) is 2.45. The fraction of sp³-hybridized carbons (Fsp3) is 0.304. The number of carbonyl (C=O) groups is 4. The van der Waals surface area contributed by atoms with Gasteiger partial charge in [-0.15, -0.1) is 0 Å². The fourth-order valence-corrected chi connectivity index (χ4v) is 3.82. The highest BCUT2D eigenvalue weighted by atomic mass is 79.9. The van der Waals surface area contributed by atoms with Gasteiger partial charge in [-0.25, -0.2) is 0 Å². The molecule has 0 aliphatic carbocycles. The van der Waals surface area contributed by atoms with Gasteiger partial charge in [-0.05, 0) is 48.9 Å². The number of hydrazine groups is 1. The summed E-state index contributed by atoms with van der Waals surface area (Å²) in [7, 11) is 2.92.